The lowest BCUT2D eigenvalue weighted by molar-refractivity contribution is -0.143. The Morgan fingerprint density at radius 3 is 2.83 bits per heavy atom. The second-order valence-corrected chi connectivity index (χ2v) is 4.70. The van der Waals surface area contributed by atoms with Crippen LogP contribution in [-0.4, -0.2) is 22.6 Å². The monoisotopic (exact) mass is 248 g/mol. The van der Waals surface area contributed by atoms with Crippen molar-refractivity contribution >= 4 is 17.0 Å². The minimum atomic E-state index is -0.626. The van der Waals surface area contributed by atoms with Gasteiger partial charge >= 0.3 is 5.97 Å². The summed E-state index contributed by atoms with van der Waals surface area (Å²) in [5.41, 5.74) is 0.767. The summed E-state index contributed by atoms with van der Waals surface area (Å²) in [6, 6.07) is 4.45. The molecular weight excluding hydrogens is 235 g/mol. The lowest BCUT2D eigenvalue weighted by atomic mass is 10.1. The van der Waals surface area contributed by atoms with Crippen molar-refractivity contribution in [1.29, 1.82) is 0 Å². The maximum atomic E-state index is 13.2. The van der Waals surface area contributed by atoms with Crippen LogP contribution in [0.15, 0.2) is 18.2 Å². The molecule has 18 heavy (non-hydrogen) atoms. The SMILES string of the molecule is COC(=O)C1(c2nc3cc(F)ccc3n2C)CC1. The van der Waals surface area contributed by atoms with E-state index in [4.69, 9.17) is 4.74 Å². The fourth-order valence-corrected chi connectivity index (χ4v) is 2.44. The van der Waals surface area contributed by atoms with Gasteiger partial charge in [0.2, 0.25) is 0 Å². The molecule has 1 aliphatic rings. The van der Waals surface area contributed by atoms with Crippen LogP contribution < -0.4 is 0 Å². The van der Waals surface area contributed by atoms with Gasteiger partial charge in [-0.3, -0.25) is 4.79 Å². The van der Waals surface area contributed by atoms with Gasteiger partial charge in [0, 0.05) is 13.1 Å². The van der Waals surface area contributed by atoms with Gasteiger partial charge in [0.15, 0.2) is 0 Å². The highest BCUT2D eigenvalue weighted by atomic mass is 19.1. The number of carbonyl (C=O) groups is 1. The third kappa shape index (κ3) is 1.36. The molecule has 0 unspecified atom stereocenters. The third-order valence-corrected chi connectivity index (χ3v) is 3.60. The number of nitrogens with zero attached hydrogens (tertiary/aromatic N) is 2. The Balaban J connectivity index is 2.19. The van der Waals surface area contributed by atoms with Crippen molar-refractivity contribution in [1.82, 2.24) is 9.55 Å². The fraction of sp³-hybridized carbons (Fsp3) is 0.385. The highest BCUT2D eigenvalue weighted by Gasteiger charge is 2.55. The van der Waals surface area contributed by atoms with Crippen LogP contribution in [-0.2, 0) is 22.0 Å². The number of hydrogen-bond donors (Lipinski definition) is 0. The molecule has 94 valence electrons. The maximum absolute atomic E-state index is 13.2. The molecule has 1 aromatic carbocycles. The summed E-state index contributed by atoms with van der Waals surface area (Å²) >= 11 is 0. The van der Waals surface area contributed by atoms with E-state index in [9.17, 15) is 9.18 Å². The van der Waals surface area contributed by atoms with E-state index in [1.165, 1.54) is 19.2 Å². The zero-order valence-corrected chi connectivity index (χ0v) is 10.2. The lowest BCUT2D eigenvalue weighted by Crippen LogP contribution is -2.25. The molecule has 1 aromatic heterocycles. The van der Waals surface area contributed by atoms with E-state index in [0.717, 1.165) is 18.4 Å². The van der Waals surface area contributed by atoms with Crippen LogP contribution >= 0.6 is 0 Å². The number of aryl methyl sites for hydroxylation is 1. The van der Waals surface area contributed by atoms with Gasteiger partial charge in [-0.25, -0.2) is 9.37 Å². The number of rotatable bonds is 2. The largest absolute Gasteiger partial charge is 0.468 e. The van der Waals surface area contributed by atoms with Gasteiger partial charge < -0.3 is 9.30 Å². The molecule has 0 amide bonds. The normalized spacial score (nSPS) is 16.8. The number of fused-ring (bicyclic) bond motifs is 1. The van der Waals surface area contributed by atoms with Gasteiger partial charge in [-0.2, -0.15) is 0 Å². The number of imidazole rings is 1. The fourth-order valence-electron chi connectivity index (χ4n) is 2.44. The van der Waals surface area contributed by atoms with E-state index >= 15 is 0 Å². The molecule has 2 aromatic rings. The number of benzene rings is 1. The van der Waals surface area contributed by atoms with Crippen molar-refractivity contribution in [3.05, 3.63) is 29.8 Å². The predicted molar refractivity (Wildman–Crippen MR) is 63.6 cm³/mol. The minimum Gasteiger partial charge on any atom is -0.468 e. The Bertz CT molecular complexity index is 644. The summed E-state index contributed by atoms with van der Waals surface area (Å²) < 4.78 is 19.9. The van der Waals surface area contributed by atoms with E-state index in [0.29, 0.717) is 11.3 Å². The van der Waals surface area contributed by atoms with E-state index in [1.54, 1.807) is 6.07 Å². The van der Waals surface area contributed by atoms with Crippen LogP contribution in [0.2, 0.25) is 0 Å². The Hall–Kier alpha value is -1.91. The quantitative estimate of drug-likeness (QED) is 0.763. The molecule has 4 nitrogen and oxygen atoms in total. The molecule has 1 aliphatic carbocycles. The van der Waals surface area contributed by atoms with Gasteiger partial charge in [0.25, 0.3) is 0 Å². The Morgan fingerprint density at radius 1 is 1.50 bits per heavy atom. The highest BCUT2D eigenvalue weighted by Crippen LogP contribution is 2.49. The zero-order valence-electron chi connectivity index (χ0n) is 10.2. The van der Waals surface area contributed by atoms with Gasteiger partial charge in [-0.05, 0) is 25.0 Å². The standard InChI is InChI=1S/C13H13FN2O2/c1-16-10-4-3-8(14)7-9(10)15-11(16)13(5-6-13)12(17)18-2/h3-4,7H,5-6H2,1-2H3. The first-order chi connectivity index (χ1) is 8.58. The number of methoxy groups -OCH3 is 1. The van der Waals surface area contributed by atoms with Crippen molar-refractivity contribution in [3.63, 3.8) is 0 Å². The smallest absolute Gasteiger partial charge is 0.319 e. The first-order valence-electron chi connectivity index (χ1n) is 5.79. The number of carbonyl (C=O) groups excluding carboxylic acids is 1. The van der Waals surface area contributed by atoms with Gasteiger partial charge in [0.05, 0.1) is 18.1 Å². The second-order valence-electron chi connectivity index (χ2n) is 4.70. The zero-order chi connectivity index (χ0) is 12.9. The Kier molecular flexibility index (Phi) is 2.20. The van der Waals surface area contributed by atoms with Crippen LogP contribution in [0.4, 0.5) is 4.39 Å². The van der Waals surface area contributed by atoms with Crippen LogP contribution in [0.1, 0.15) is 18.7 Å². The maximum Gasteiger partial charge on any atom is 0.319 e. The topological polar surface area (TPSA) is 44.1 Å². The van der Waals surface area contributed by atoms with E-state index in [-0.39, 0.29) is 11.8 Å². The molecular formula is C13H13FN2O2. The Morgan fingerprint density at radius 2 is 2.22 bits per heavy atom. The van der Waals surface area contributed by atoms with Crippen molar-refractivity contribution in [3.8, 4) is 0 Å². The first-order valence-corrected chi connectivity index (χ1v) is 5.79. The molecule has 1 fully saturated rings. The molecule has 1 heterocycles. The van der Waals surface area contributed by atoms with E-state index in [1.807, 2.05) is 11.6 Å². The summed E-state index contributed by atoms with van der Waals surface area (Å²) in [6.07, 6.45) is 1.47. The van der Waals surface area contributed by atoms with E-state index < -0.39 is 5.41 Å². The molecule has 0 aliphatic heterocycles. The highest BCUT2D eigenvalue weighted by molar-refractivity contribution is 5.87. The summed E-state index contributed by atoms with van der Waals surface area (Å²) in [4.78, 5) is 16.2. The number of ether oxygens (including phenoxy) is 1. The number of halogens is 1. The summed E-state index contributed by atoms with van der Waals surface area (Å²) in [7, 11) is 3.22. The van der Waals surface area contributed by atoms with Gasteiger partial charge in [-0.15, -0.1) is 0 Å². The molecule has 0 spiro atoms. The van der Waals surface area contributed by atoms with Gasteiger partial charge in [0.1, 0.15) is 17.1 Å². The summed E-state index contributed by atoms with van der Waals surface area (Å²) in [5, 5.41) is 0. The summed E-state index contributed by atoms with van der Waals surface area (Å²) in [5.74, 6) is 0.0754. The van der Waals surface area contributed by atoms with Crippen LogP contribution in [0, 0.1) is 5.82 Å². The minimum absolute atomic E-state index is 0.263. The average molecular weight is 248 g/mol. The molecule has 0 N–H and O–H groups in total. The molecule has 0 radical (unpaired) electrons. The molecule has 0 bridgehead atoms. The number of esters is 1. The number of aromatic nitrogens is 2. The van der Waals surface area contributed by atoms with Crippen LogP contribution in [0.5, 0.6) is 0 Å². The molecule has 0 saturated heterocycles. The molecule has 3 rings (SSSR count). The molecule has 0 atom stereocenters. The van der Waals surface area contributed by atoms with Crippen LogP contribution in [0.3, 0.4) is 0 Å². The van der Waals surface area contributed by atoms with Gasteiger partial charge in [-0.1, -0.05) is 0 Å². The van der Waals surface area contributed by atoms with Crippen molar-refractivity contribution in [2.75, 3.05) is 7.11 Å². The third-order valence-electron chi connectivity index (χ3n) is 3.60. The summed E-state index contributed by atoms with van der Waals surface area (Å²) in [6.45, 7) is 0. The predicted octanol–water partition coefficient (Wildman–Crippen LogP) is 1.92. The molecule has 5 heteroatoms. The van der Waals surface area contributed by atoms with Crippen molar-refractivity contribution in [2.45, 2.75) is 18.3 Å². The number of hydrogen-bond acceptors (Lipinski definition) is 3. The van der Waals surface area contributed by atoms with Crippen molar-refractivity contribution in [2.24, 2.45) is 7.05 Å². The van der Waals surface area contributed by atoms with Crippen LogP contribution in [0.25, 0.3) is 11.0 Å². The average Bonchev–Trinajstić information content (AvgIpc) is 3.10. The molecule has 1 saturated carbocycles. The second kappa shape index (κ2) is 3.54. The van der Waals surface area contributed by atoms with E-state index in [2.05, 4.69) is 4.98 Å². The Labute approximate surface area is 103 Å². The lowest BCUT2D eigenvalue weighted by Gasteiger charge is -2.12. The van der Waals surface area contributed by atoms with Crippen molar-refractivity contribution < 1.29 is 13.9 Å². The first kappa shape index (κ1) is 11.2.